The number of likely N-dealkylation sites (tertiary alicyclic amines) is 1. The Hall–Kier alpha value is -2.34. The first kappa shape index (κ1) is 18.5. The Morgan fingerprint density at radius 3 is 2.62 bits per heavy atom. The van der Waals surface area contributed by atoms with Gasteiger partial charge in [0.2, 0.25) is 0 Å². The highest BCUT2D eigenvalue weighted by Gasteiger charge is 2.42. The third-order valence-corrected chi connectivity index (χ3v) is 6.21. The van der Waals surface area contributed by atoms with Crippen molar-refractivity contribution < 1.29 is 14.7 Å². The summed E-state index contributed by atoms with van der Waals surface area (Å²) in [5, 5.41) is 14.5. The van der Waals surface area contributed by atoms with E-state index >= 15 is 0 Å². The van der Waals surface area contributed by atoms with E-state index in [1.54, 1.807) is 23.2 Å². The van der Waals surface area contributed by atoms with E-state index in [0.29, 0.717) is 19.4 Å². The molecule has 2 aromatic rings. The first-order valence-corrected chi connectivity index (χ1v) is 9.64. The Kier molecular flexibility index (Phi) is 5.32. The number of nitrogens with zero attached hydrogens (tertiary/aromatic N) is 1. The first-order valence-electron chi connectivity index (χ1n) is 8.76. The molecule has 0 bridgehead atoms. The fourth-order valence-corrected chi connectivity index (χ4v) is 4.33. The number of thiophene rings is 1. The van der Waals surface area contributed by atoms with E-state index in [4.69, 9.17) is 0 Å². The predicted octanol–water partition coefficient (Wildman–Crippen LogP) is 3.85. The highest BCUT2D eigenvalue weighted by molar-refractivity contribution is 7.10. The number of aryl methyl sites for hydroxylation is 1. The lowest BCUT2D eigenvalue weighted by atomic mass is 9.90. The molecule has 0 saturated carbocycles. The summed E-state index contributed by atoms with van der Waals surface area (Å²) in [6, 6.07) is 11.8. The maximum Gasteiger partial charge on any atom is 0.317 e. The molecule has 0 aliphatic carbocycles. The number of carbonyl (C=O) groups excluding carboxylic acids is 1. The zero-order valence-corrected chi connectivity index (χ0v) is 15.9. The zero-order valence-electron chi connectivity index (χ0n) is 15.1. The fraction of sp³-hybridized carbons (Fsp3) is 0.400. The molecule has 1 aromatic heterocycles. The summed E-state index contributed by atoms with van der Waals surface area (Å²) in [5.74, 6) is -0.845. The molecule has 2 N–H and O–H groups in total. The number of aliphatic carboxylic acids is 1. The SMILES string of the molecule is Cc1ccsc1C(Cc1ccccc1)NC(=O)N1CCC(C)(C(=O)O)C1. The molecule has 2 atom stereocenters. The number of nitrogens with one attached hydrogen (secondary N) is 1. The molecular formula is C20H24N2O3S. The maximum absolute atomic E-state index is 12.8. The molecular weight excluding hydrogens is 348 g/mol. The number of hydrogen-bond donors (Lipinski definition) is 2. The van der Waals surface area contributed by atoms with Gasteiger partial charge in [0.1, 0.15) is 0 Å². The summed E-state index contributed by atoms with van der Waals surface area (Å²) < 4.78 is 0. The summed E-state index contributed by atoms with van der Waals surface area (Å²) in [5.41, 5.74) is 1.46. The van der Waals surface area contributed by atoms with Crippen molar-refractivity contribution in [2.45, 2.75) is 32.7 Å². The smallest absolute Gasteiger partial charge is 0.317 e. The van der Waals surface area contributed by atoms with Crippen LogP contribution in [-0.4, -0.2) is 35.1 Å². The monoisotopic (exact) mass is 372 g/mol. The molecule has 6 heteroatoms. The largest absolute Gasteiger partial charge is 0.481 e. The third kappa shape index (κ3) is 3.90. The van der Waals surface area contributed by atoms with Crippen LogP contribution < -0.4 is 5.32 Å². The summed E-state index contributed by atoms with van der Waals surface area (Å²) in [4.78, 5) is 27.0. The molecule has 1 aliphatic rings. The molecule has 0 radical (unpaired) electrons. The van der Waals surface area contributed by atoms with E-state index in [1.807, 2.05) is 30.5 Å². The van der Waals surface area contributed by atoms with E-state index in [1.165, 1.54) is 0 Å². The normalized spacial score (nSPS) is 20.8. The van der Waals surface area contributed by atoms with Gasteiger partial charge in [0.25, 0.3) is 0 Å². The van der Waals surface area contributed by atoms with Crippen molar-refractivity contribution in [2.24, 2.45) is 5.41 Å². The van der Waals surface area contributed by atoms with Crippen LogP contribution in [0.1, 0.15) is 35.4 Å². The molecule has 138 valence electrons. The van der Waals surface area contributed by atoms with Gasteiger partial charge in [-0.3, -0.25) is 4.79 Å². The van der Waals surface area contributed by atoms with Gasteiger partial charge in [-0.15, -0.1) is 11.3 Å². The van der Waals surface area contributed by atoms with Gasteiger partial charge in [-0.05, 0) is 49.3 Å². The highest BCUT2D eigenvalue weighted by atomic mass is 32.1. The molecule has 2 amide bonds. The Balaban J connectivity index is 1.75. The molecule has 1 fully saturated rings. The molecule has 0 spiro atoms. The van der Waals surface area contributed by atoms with Crippen LogP contribution in [0.3, 0.4) is 0 Å². The second kappa shape index (κ2) is 7.50. The molecule has 1 aromatic carbocycles. The lowest BCUT2D eigenvalue weighted by Gasteiger charge is -2.25. The van der Waals surface area contributed by atoms with Crippen molar-refractivity contribution in [3.05, 3.63) is 57.8 Å². The minimum atomic E-state index is -0.856. The Bertz CT molecular complexity index is 789. The van der Waals surface area contributed by atoms with Crippen LogP contribution in [0.25, 0.3) is 0 Å². The van der Waals surface area contributed by atoms with Crippen LogP contribution in [-0.2, 0) is 11.2 Å². The summed E-state index contributed by atoms with van der Waals surface area (Å²) in [7, 11) is 0. The van der Waals surface area contributed by atoms with E-state index in [0.717, 1.165) is 16.0 Å². The molecule has 1 saturated heterocycles. The number of benzene rings is 1. The molecule has 26 heavy (non-hydrogen) atoms. The number of carboxylic acid groups (broad SMARTS) is 1. The van der Waals surface area contributed by atoms with Crippen LogP contribution in [0.2, 0.25) is 0 Å². The average molecular weight is 372 g/mol. The number of amides is 2. The average Bonchev–Trinajstić information content (AvgIpc) is 3.22. The van der Waals surface area contributed by atoms with Crippen LogP contribution in [0.4, 0.5) is 4.79 Å². The standard InChI is InChI=1S/C20H24N2O3S/c1-14-8-11-26-17(14)16(12-15-6-4-3-5-7-15)21-19(25)22-10-9-20(2,13-22)18(23)24/h3-8,11,16H,9-10,12-13H2,1-2H3,(H,21,25)(H,23,24). The molecule has 1 aliphatic heterocycles. The number of rotatable bonds is 5. The van der Waals surface area contributed by atoms with Gasteiger partial charge in [0.15, 0.2) is 0 Å². The van der Waals surface area contributed by atoms with Crippen molar-refractivity contribution in [2.75, 3.05) is 13.1 Å². The topological polar surface area (TPSA) is 69.6 Å². The van der Waals surface area contributed by atoms with Gasteiger partial charge < -0.3 is 15.3 Å². The number of urea groups is 1. The molecule has 3 rings (SSSR count). The number of hydrogen-bond acceptors (Lipinski definition) is 3. The minimum Gasteiger partial charge on any atom is -0.481 e. The van der Waals surface area contributed by atoms with Gasteiger partial charge in [0, 0.05) is 18.0 Å². The lowest BCUT2D eigenvalue weighted by molar-refractivity contribution is -0.147. The highest BCUT2D eigenvalue weighted by Crippen LogP contribution is 2.31. The van der Waals surface area contributed by atoms with E-state index < -0.39 is 11.4 Å². The number of carbonyl (C=O) groups is 2. The van der Waals surface area contributed by atoms with E-state index in [-0.39, 0.29) is 18.6 Å². The van der Waals surface area contributed by atoms with Gasteiger partial charge in [-0.1, -0.05) is 30.3 Å². The van der Waals surface area contributed by atoms with Gasteiger partial charge in [-0.2, -0.15) is 0 Å². The molecule has 5 nitrogen and oxygen atoms in total. The van der Waals surface area contributed by atoms with Crippen LogP contribution in [0, 0.1) is 12.3 Å². The number of carboxylic acids is 1. The van der Waals surface area contributed by atoms with Gasteiger partial charge in [-0.25, -0.2) is 4.79 Å². The zero-order chi connectivity index (χ0) is 18.7. The molecule has 2 unspecified atom stereocenters. The third-order valence-electron chi connectivity index (χ3n) is 5.08. The van der Waals surface area contributed by atoms with Crippen molar-refractivity contribution in [3.8, 4) is 0 Å². The Morgan fingerprint density at radius 1 is 1.31 bits per heavy atom. The maximum atomic E-state index is 12.8. The minimum absolute atomic E-state index is 0.124. The summed E-state index contributed by atoms with van der Waals surface area (Å²) in [6.45, 7) is 4.46. The van der Waals surface area contributed by atoms with Crippen molar-refractivity contribution in [3.63, 3.8) is 0 Å². The Morgan fingerprint density at radius 2 is 2.04 bits per heavy atom. The van der Waals surface area contributed by atoms with Crippen LogP contribution in [0.5, 0.6) is 0 Å². The summed E-state index contributed by atoms with van der Waals surface area (Å²) >= 11 is 1.64. The predicted molar refractivity (Wildman–Crippen MR) is 102 cm³/mol. The fourth-order valence-electron chi connectivity index (χ4n) is 3.35. The first-order chi connectivity index (χ1) is 12.4. The van der Waals surface area contributed by atoms with Crippen molar-refractivity contribution >= 4 is 23.3 Å². The molecule has 2 heterocycles. The lowest BCUT2D eigenvalue weighted by Crippen LogP contribution is -2.42. The van der Waals surface area contributed by atoms with Gasteiger partial charge in [0.05, 0.1) is 11.5 Å². The van der Waals surface area contributed by atoms with Gasteiger partial charge >= 0.3 is 12.0 Å². The van der Waals surface area contributed by atoms with Crippen molar-refractivity contribution in [1.82, 2.24) is 10.2 Å². The van der Waals surface area contributed by atoms with E-state index in [2.05, 4.69) is 23.5 Å². The quantitative estimate of drug-likeness (QED) is 0.838. The summed E-state index contributed by atoms with van der Waals surface area (Å²) in [6.07, 6.45) is 1.19. The Labute approximate surface area is 157 Å². The van der Waals surface area contributed by atoms with Crippen molar-refractivity contribution in [1.29, 1.82) is 0 Å². The van der Waals surface area contributed by atoms with Crippen LogP contribution in [0.15, 0.2) is 41.8 Å². The van der Waals surface area contributed by atoms with E-state index in [9.17, 15) is 14.7 Å². The van der Waals surface area contributed by atoms with Crippen LogP contribution >= 0.6 is 11.3 Å². The second-order valence-electron chi connectivity index (χ2n) is 7.20. The second-order valence-corrected chi connectivity index (χ2v) is 8.14.